The Bertz CT molecular complexity index is 779. The molecular weight excluding hydrogens is 268 g/mol. The van der Waals surface area contributed by atoms with Crippen molar-refractivity contribution in [2.24, 2.45) is 0 Å². The van der Waals surface area contributed by atoms with Crippen LogP contribution in [-0.2, 0) is 0 Å². The fourth-order valence-electron chi connectivity index (χ4n) is 1.82. The molecule has 1 heterocycles. The van der Waals surface area contributed by atoms with Crippen molar-refractivity contribution < 1.29 is 14.7 Å². The van der Waals surface area contributed by atoms with Crippen LogP contribution in [0.15, 0.2) is 53.1 Å². The van der Waals surface area contributed by atoms with Gasteiger partial charge in [-0.3, -0.25) is 0 Å². The van der Waals surface area contributed by atoms with Gasteiger partial charge in [-0.15, -0.1) is 0 Å². The standard InChI is InChI=1S/C16H12N2O3/c19-13-8-6-11(10-14(13)20)7-9-15-17-16(18-21-15)12-4-2-1-3-5-12/h1-10,19-20H/b9-7+. The molecule has 5 heteroatoms. The van der Waals surface area contributed by atoms with Crippen LogP contribution in [0, 0.1) is 0 Å². The van der Waals surface area contributed by atoms with E-state index in [9.17, 15) is 10.2 Å². The Labute approximate surface area is 120 Å². The summed E-state index contributed by atoms with van der Waals surface area (Å²) in [5.41, 5.74) is 1.59. The summed E-state index contributed by atoms with van der Waals surface area (Å²) in [5, 5.41) is 22.6. The molecule has 0 spiro atoms. The first-order valence-electron chi connectivity index (χ1n) is 6.31. The number of hydrogen-bond donors (Lipinski definition) is 2. The van der Waals surface area contributed by atoms with E-state index in [4.69, 9.17) is 4.52 Å². The Morgan fingerprint density at radius 2 is 1.71 bits per heavy atom. The molecule has 2 N–H and O–H groups in total. The van der Waals surface area contributed by atoms with E-state index in [0.29, 0.717) is 17.3 Å². The fourth-order valence-corrected chi connectivity index (χ4v) is 1.82. The van der Waals surface area contributed by atoms with Gasteiger partial charge < -0.3 is 14.7 Å². The van der Waals surface area contributed by atoms with Gasteiger partial charge in [-0.05, 0) is 23.8 Å². The van der Waals surface area contributed by atoms with Gasteiger partial charge in [0.1, 0.15) is 0 Å². The lowest BCUT2D eigenvalue weighted by Crippen LogP contribution is -1.79. The summed E-state index contributed by atoms with van der Waals surface area (Å²) in [6, 6.07) is 14.0. The number of phenols is 2. The Hall–Kier alpha value is -3.08. The highest BCUT2D eigenvalue weighted by Crippen LogP contribution is 2.25. The number of hydrogen-bond acceptors (Lipinski definition) is 5. The highest BCUT2D eigenvalue weighted by atomic mass is 16.5. The Kier molecular flexibility index (Phi) is 3.39. The first-order valence-corrected chi connectivity index (χ1v) is 6.31. The van der Waals surface area contributed by atoms with Crippen LogP contribution in [-0.4, -0.2) is 20.4 Å². The van der Waals surface area contributed by atoms with Crippen molar-refractivity contribution in [2.75, 3.05) is 0 Å². The topological polar surface area (TPSA) is 79.4 Å². The molecule has 104 valence electrons. The summed E-state index contributed by atoms with van der Waals surface area (Å²) in [7, 11) is 0. The van der Waals surface area contributed by atoms with Gasteiger partial charge >= 0.3 is 0 Å². The maximum absolute atomic E-state index is 9.41. The summed E-state index contributed by atoms with van der Waals surface area (Å²) in [5.74, 6) is 0.550. The monoisotopic (exact) mass is 280 g/mol. The fraction of sp³-hybridized carbons (Fsp3) is 0. The molecular formula is C16H12N2O3. The molecule has 0 aliphatic rings. The quantitative estimate of drug-likeness (QED) is 0.719. The van der Waals surface area contributed by atoms with Crippen LogP contribution in [0.5, 0.6) is 11.5 Å². The number of rotatable bonds is 3. The average Bonchev–Trinajstić information content (AvgIpc) is 2.98. The maximum atomic E-state index is 9.41. The van der Waals surface area contributed by atoms with Gasteiger partial charge in [0.05, 0.1) is 0 Å². The molecule has 0 saturated carbocycles. The highest BCUT2D eigenvalue weighted by molar-refractivity contribution is 5.68. The van der Waals surface area contributed by atoms with Crippen LogP contribution in [0.25, 0.3) is 23.5 Å². The van der Waals surface area contributed by atoms with Crippen molar-refractivity contribution in [1.29, 1.82) is 0 Å². The first kappa shape index (κ1) is 12.9. The van der Waals surface area contributed by atoms with Crippen LogP contribution >= 0.6 is 0 Å². The van der Waals surface area contributed by atoms with Gasteiger partial charge in [-0.25, -0.2) is 0 Å². The number of aromatic hydroxyl groups is 2. The van der Waals surface area contributed by atoms with Crippen molar-refractivity contribution in [3.63, 3.8) is 0 Å². The molecule has 0 atom stereocenters. The van der Waals surface area contributed by atoms with Gasteiger partial charge in [-0.2, -0.15) is 4.98 Å². The molecule has 0 unspecified atom stereocenters. The van der Waals surface area contributed by atoms with Crippen LogP contribution < -0.4 is 0 Å². The molecule has 3 aromatic rings. The van der Waals surface area contributed by atoms with E-state index in [1.54, 1.807) is 18.2 Å². The Balaban J connectivity index is 1.81. The second-order valence-corrected chi connectivity index (χ2v) is 4.40. The first-order chi connectivity index (χ1) is 10.2. The van der Waals surface area contributed by atoms with E-state index >= 15 is 0 Å². The summed E-state index contributed by atoms with van der Waals surface area (Å²) in [6.45, 7) is 0. The van der Waals surface area contributed by atoms with Gasteiger partial charge in [0, 0.05) is 11.6 Å². The van der Waals surface area contributed by atoms with E-state index in [1.807, 2.05) is 30.3 Å². The van der Waals surface area contributed by atoms with Crippen LogP contribution in [0.4, 0.5) is 0 Å². The van der Waals surface area contributed by atoms with Crippen molar-refractivity contribution in [3.05, 3.63) is 60.0 Å². The Morgan fingerprint density at radius 1 is 0.905 bits per heavy atom. The average molecular weight is 280 g/mol. The molecule has 0 saturated heterocycles. The normalized spacial score (nSPS) is 11.0. The smallest absolute Gasteiger partial charge is 0.250 e. The lowest BCUT2D eigenvalue weighted by atomic mass is 10.2. The van der Waals surface area contributed by atoms with Crippen molar-refractivity contribution >= 4 is 12.2 Å². The van der Waals surface area contributed by atoms with Gasteiger partial charge in [0.15, 0.2) is 11.5 Å². The van der Waals surface area contributed by atoms with Crippen LogP contribution in [0.3, 0.4) is 0 Å². The zero-order valence-corrected chi connectivity index (χ0v) is 11.0. The molecule has 0 bridgehead atoms. The molecule has 0 amide bonds. The highest BCUT2D eigenvalue weighted by Gasteiger charge is 2.05. The van der Waals surface area contributed by atoms with E-state index in [2.05, 4.69) is 10.1 Å². The minimum absolute atomic E-state index is 0.156. The summed E-state index contributed by atoms with van der Waals surface area (Å²) in [4.78, 5) is 4.26. The Morgan fingerprint density at radius 3 is 2.48 bits per heavy atom. The summed E-state index contributed by atoms with van der Waals surface area (Å²) < 4.78 is 5.13. The third-order valence-electron chi connectivity index (χ3n) is 2.89. The molecule has 0 radical (unpaired) electrons. The van der Waals surface area contributed by atoms with Crippen molar-refractivity contribution in [2.45, 2.75) is 0 Å². The van der Waals surface area contributed by atoms with Crippen LogP contribution in [0.2, 0.25) is 0 Å². The summed E-state index contributed by atoms with van der Waals surface area (Å²) >= 11 is 0. The predicted octanol–water partition coefficient (Wildman–Crippen LogP) is 3.32. The zero-order valence-electron chi connectivity index (χ0n) is 11.0. The van der Waals surface area contributed by atoms with Gasteiger partial charge in [-0.1, -0.05) is 41.6 Å². The number of nitrogens with zero attached hydrogens (tertiary/aromatic N) is 2. The molecule has 2 aromatic carbocycles. The minimum Gasteiger partial charge on any atom is -0.504 e. The third kappa shape index (κ3) is 2.92. The third-order valence-corrected chi connectivity index (χ3v) is 2.89. The molecule has 5 nitrogen and oxygen atoms in total. The number of phenolic OH excluding ortho intramolecular Hbond substituents is 2. The molecule has 3 rings (SSSR count). The van der Waals surface area contributed by atoms with E-state index in [-0.39, 0.29) is 11.5 Å². The largest absolute Gasteiger partial charge is 0.504 e. The summed E-state index contributed by atoms with van der Waals surface area (Å²) in [6.07, 6.45) is 3.35. The molecule has 0 aliphatic carbocycles. The maximum Gasteiger partial charge on any atom is 0.250 e. The lowest BCUT2D eigenvalue weighted by molar-refractivity contribution is 0.403. The number of benzene rings is 2. The van der Waals surface area contributed by atoms with E-state index in [1.165, 1.54) is 12.1 Å². The molecule has 1 aromatic heterocycles. The van der Waals surface area contributed by atoms with Crippen molar-refractivity contribution in [3.8, 4) is 22.9 Å². The number of aromatic nitrogens is 2. The van der Waals surface area contributed by atoms with Gasteiger partial charge in [0.25, 0.3) is 5.89 Å². The SMILES string of the molecule is Oc1ccc(/C=C/c2nc(-c3ccccc3)no2)cc1O. The van der Waals surface area contributed by atoms with E-state index < -0.39 is 0 Å². The molecule has 21 heavy (non-hydrogen) atoms. The van der Waals surface area contributed by atoms with Gasteiger partial charge in [0.2, 0.25) is 5.82 Å². The van der Waals surface area contributed by atoms with Crippen molar-refractivity contribution in [1.82, 2.24) is 10.1 Å². The zero-order chi connectivity index (χ0) is 14.7. The molecule has 0 aliphatic heterocycles. The minimum atomic E-state index is -0.173. The van der Waals surface area contributed by atoms with Crippen LogP contribution in [0.1, 0.15) is 11.5 Å². The second-order valence-electron chi connectivity index (χ2n) is 4.40. The second kappa shape index (κ2) is 5.50. The predicted molar refractivity (Wildman–Crippen MR) is 78.4 cm³/mol. The molecule has 0 fully saturated rings. The lowest BCUT2D eigenvalue weighted by Gasteiger charge is -1.97. The van der Waals surface area contributed by atoms with E-state index in [0.717, 1.165) is 5.56 Å².